The van der Waals surface area contributed by atoms with Crippen LogP contribution < -0.4 is 5.32 Å². The number of rotatable bonds is 74. The van der Waals surface area contributed by atoms with E-state index in [9.17, 15) is 35.1 Å². The summed E-state index contributed by atoms with van der Waals surface area (Å²) >= 11 is 0. The van der Waals surface area contributed by atoms with Gasteiger partial charge in [-0.2, -0.15) is 0 Å². The Bertz CT molecular complexity index is 1530. The van der Waals surface area contributed by atoms with Gasteiger partial charge >= 0.3 is 5.97 Å². The van der Waals surface area contributed by atoms with Gasteiger partial charge < -0.3 is 45.1 Å². The van der Waals surface area contributed by atoms with Gasteiger partial charge in [0, 0.05) is 12.8 Å². The molecule has 0 aromatic carbocycles. The highest BCUT2D eigenvalue weighted by Crippen LogP contribution is 2.24. The normalized spacial score (nSPS) is 17.5. The first-order valence-electron chi connectivity index (χ1n) is 41.0. The highest BCUT2D eigenvalue weighted by atomic mass is 16.7. The standard InChI is InChI=1S/C81H157NO10/c1-3-5-7-9-11-13-15-16-44-48-51-55-59-63-67-74(84)73(72-91-81-80(89)79(88)78(87)75(71-83)92-81)82-76(85)68-64-60-56-52-49-45-42-40-38-36-34-32-30-28-26-24-22-20-18-17-19-21-23-25-27-29-31-33-35-37-39-41-43-46-50-54-58-62-66-70-90-77(86)69-65-61-57-53-47-14-12-10-8-6-4-2/h63,67,73-75,78-81,83-84,87-89H,3-62,64-66,68-72H2,1-2H3,(H,82,85)/b67-63+. The average Bonchev–Trinajstić information content (AvgIpc) is 1.10. The van der Waals surface area contributed by atoms with Crippen molar-refractivity contribution >= 4 is 11.9 Å². The summed E-state index contributed by atoms with van der Waals surface area (Å²) in [6.07, 6.45) is 79.7. The van der Waals surface area contributed by atoms with Crippen molar-refractivity contribution in [3.63, 3.8) is 0 Å². The molecule has 11 nitrogen and oxygen atoms in total. The smallest absolute Gasteiger partial charge is 0.305 e. The predicted molar refractivity (Wildman–Crippen MR) is 389 cm³/mol. The van der Waals surface area contributed by atoms with Crippen LogP contribution in [0.4, 0.5) is 0 Å². The number of hydrogen-bond donors (Lipinski definition) is 6. The first-order valence-corrected chi connectivity index (χ1v) is 41.0. The van der Waals surface area contributed by atoms with Crippen LogP contribution in [-0.2, 0) is 23.8 Å². The second kappa shape index (κ2) is 70.7. The lowest BCUT2D eigenvalue weighted by Gasteiger charge is -2.40. The van der Waals surface area contributed by atoms with Crippen LogP contribution in [0.1, 0.15) is 431 Å². The monoisotopic (exact) mass is 1300 g/mol. The van der Waals surface area contributed by atoms with Crippen molar-refractivity contribution in [3.8, 4) is 0 Å². The number of nitrogens with one attached hydrogen (secondary N) is 1. The van der Waals surface area contributed by atoms with E-state index in [1.807, 2.05) is 6.08 Å². The molecule has 1 amide bonds. The quantitative estimate of drug-likeness (QED) is 0.0195. The number of hydrogen-bond acceptors (Lipinski definition) is 10. The maximum absolute atomic E-state index is 13.1. The van der Waals surface area contributed by atoms with Crippen LogP contribution in [0, 0.1) is 0 Å². The van der Waals surface area contributed by atoms with Crippen molar-refractivity contribution in [1.29, 1.82) is 0 Å². The van der Waals surface area contributed by atoms with Gasteiger partial charge in [-0.15, -0.1) is 0 Å². The Labute approximate surface area is 569 Å². The van der Waals surface area contributed by atoms with Crippen LogP contribution in [-0.4, -0.2) is 100 Å². The van der Waals surface area contributed by atoms with Crippen LogP contribution in [0.25, 0.3) is 0 Å². The average molecular weight is 1310 g/mol. The van der Waals surface area contributed by atoms with Gasteiger partial charge in [-0.05, 0) is 32.1 Å². The van der Waals surface area contributed by atoms with Crippen molar-refractivity contribution in [2.24, 2.45) is 0 Å². The number of aliphatic hydroxyl groups excluding tert-OH is 5. The molecule has 0 aromatic rings. The fourth-order valence-corrected chi connectivity index (χ4v) is 13.5. The molecule has 0 aromatic heterocycles. The molecule has 1 aliphatic rings. The summed E-state index contributed by atoms with van der Waals surface area (Å²) in [5, 5.41) is 54.6. The minimum absolute atomic E-state index is 0.0191. The molecule has 92 heavy (non-hydrogen) atoms. The Morgan fingerprint density at radius 2 is 0.685 bits per heavy atom. The Morgan fingerprint density at radius 3 is 1.01 bits per heavy atom. The molecule has 1 saturated heterocycles. The molecule has 7 atom stereocenters. The highest BCUT2D eigenvalue weighted by Gasteiger charge is 2.44. The van der Waals surface area contributed by atoms with E-state index in [1.165, 1.54) is 353 Å². The summed E-state index contributed by atoms with van der Waals surface area (Å²) in [5.74, 6) is -0.153. The zero-order valence-electron chi connectivity index (χ0n) is 61.1. The molecule has 546 valence electrons. The lowest BCUT2D eigenvalue weighted by Crippen LogP contribution is -2.60. The number of unbranched alkanes of at least 4 members (excludes halogenated alkanes) is 60. The Kier molecular flexibility index (Phi) is 67.9. The fraction of sp³-hybridized carbons (Fsp3) is 0.951. The van der Waals surface area contributed by atoms with Crippen molar-refractivity contribution in [2.75, 3.05) is 19.8 Å². The second-order valence-corrected chi connectivity index (χ2v) is 28.8. The number of aliphatic hydroxyl groups is 5. The molecule has 1 heterocycles. The van der Waals surface area contributed by atoms with Crippen LogP contribution in [0.5, 0.6) is 0 Å². The van der Waals surface area contributed by atoms with Crippen LogP contribution in [0.2, 0.25) is 0 Å². The Hall–Kier alpha value is -1.60. The predicted octanol–water partition coefficient (Wildman–Crippen LogP) is 22.1. The van der Waals surface area contributed by atoms with Gasteiger partial charge in [0.15, 0.2) is 6.29 Å². The van der Waals surface area contributed by atoms with E-state index >= 15 is 0 Å². The van der Waals surface area contributed by atoms with E-state index in [0.717, 1.165) is 51.4 Å². The van der Waals surface area contributed by atoms with Crippen molar-refractivity contribution in [2.45, 2.75) is 474 Å². The number of esters is 1. The van der Waals surface area contributed by atoms with Gasteiger partial charge in [0.1, 0.15) is 24.4 Å². The summed E-state index contributed by atoms with van der Waals surface area (Å²) in [7, 11) is 0. The molecule has 1 aliphatic heterocycles. The molecule has 6 N–H and O–H groups in total. The zero-order chi connectivity index (χ0) is 66.5. The maximum atomic E-state index is 13.1. The number of amides is 1. The van der Waals surface area contributed by atoms with Gasteiger partial charge in [-0.25, -0.2) is 0 Å². The van der Waals surface area contributed by atoms with E-state index in [-0.39, 0.29) is 18.5 Å². The third-order valence-electron chi connectivity index (χ3n) is 19.9. The van der Waals surface area contributed by atoms with E-state index in [1.54, 1.807) is 6.08 Å². The SMILES string of the molecule is CCCCCCCCCCCCCC/C=C/C(O)C(COC1OC(CO)C(O)C(O)C1O)NC(=O)CCCCCCCCCCCCCCCCCCCCCCCCCCCCCCCCCCCCCCCCCOC(=O)CCCCCCCCCCCCC. The summed E-state index contributed by atoms with van der Waals surface area (Å²) in [6.45, 7) is 4.41. The number of ether oxygens (including phenoxy) is 3. The number of carbonyl (C=O) groups is 2. The van der Waals surface area contributed by atoms with Gasteiger partial charge in [0.05, 0.1) is 32.0 Å². The van der Waals surface area contributed by atoms with E-state index in [2.05, 4.69) is 19.2 Å². The molecule has 1 rings (SSSR count). The van der Waals surface area contributed by atoms with E-state index in [4.69, 9.17) is 14.2 Å². The van der Waals surface area contributed by atoms with E-state index in [0.29, 0.717) is 19.4 Å². The zero-order valence-corrected chi connectivity index (χ0v) is 61.1. The van der Waals surface area contributed by atoms with Crippen molar-refractivity contribution < 1.29 is 49.3 Å². The highest BCUT2D eigenvalue weighted by molar-refractivity contribution is 5.76. The summed E-state index contributed by atoms with van der Waals surface area (Å²) in [5.41, 5.74) is 0. The molecule has 11 heteroatoms. The first kappa shape index (κ1) is 88.4. The molecule has 0 spiro atoms. The molecule has 0 saturated carbocycles. The van der Waals surface area contributed by atoms with Gasteiger partial charge in [-0.3, -0.25) is 9.59 Å². The largest absolute Gasteiger partial charge is 0.466 e. The molecule has 0 radical (unpaired) electrons. The Balaban J connectivity index is 1.88. The van der Waals surface area contributed by atoms with E-state index < -0.39 is 49.5 Å². The number of carbonyl (C=O) groups excluding carboxylic acids is 2. The molecule has 7 unspecified atom stereocenters. The lowest BCUT2D eigenvalue weighted by atomic mass is 9.99. The van der Waals surface area contributed by atoms with Crippen LogP contribution in [0.15, 0.2) is 12.2 Å². The van der Waals surface area contributed by atoms with Crippen molar-refractivity contribution in [1.82, 2.24) is 5.32 Å². The summed E-state index contributed by atoms with van der Waals surface area (Å²) in [4.78, 5) is 25.1. The third-order valence-corrected chi connectivity index (χ3v) is 19.9. The number of allylic oxidation sites excluding steroid dienone is 1. The molecule has 0 bridgehead atoms. The molecular formula is C81H157NO10. The lowest BCUT2D eigenvalue weighted by molar-refractivity contribution is -0.302. The molecular weight excluding hydrogens is 1150 g/mol. The topological polar surface area (TPSA) is 175 Å². The van der Waals surface area contributed by atoms with Gasteiger partial charge in [0.2, 0.25) is 5.91 Å². The fourth-order valence-electron chi connectivity index (χ4n) is 13.5. The van der Waals surface area contributed by atoms with Gasteiger partial charge in [0.25, 0.3) is 0 Å². The van der Waals surface area contributed by atoms with Crippen LogP contribution >= 0.6 is 0 Å². The first-order chi connectivity index (χ1) is 45.2. The third kappa shape index (κ3) is 58.5. The minimum atomic E-state index is -1.57. The molecule has 0 aliphatic carbocycles. The summed E-state index contributed by atoms with van der Waals surface area (Å²) in [6, 6.07) is -0.805. The summed E-state index contributed by atoms with van der Waals surface area (Å²) < 4.78 is 16.8. The van der Waals surface area contributed by atoms with Crippen LogP contribution in [0.3, 0.4) is 0 Å². The second-order valence-electron chi connectivity index (χ2n) is 28.8. The minimum Gasteiger partial charge on any atom is -0.466 e. The maximum Gasteiger partial charge on any atom is 0.305 e. The molecule has 1 fully saturated rings. The van der Waals surface area contributed by atoms with Gasteiger partial charge in [-0.1, -0.05) is 398 Å². The Morgan fingerprint density at radius 1 is 0.391 bits per heavy atom. The van der Waals surface area contributed by atoms with Crippen molar-refractivity contribution in [3.05, 3.63) is 12.2 Å².